The first kappa shape index (κ1) is 14.7. The van der Waals surface area contributed by atoms with E-state index < -0.39 is 5.97 Å². The highest BCUT2D eigenvalue weighted by Crippen LogP contribution is 2.28. The molecule has 1 N–H and O–H groups in total. The average molecular weight is 311 g/mol. The van der Waals surface area contributed by atoms with Gasteiger partial charge in [-0.05, 0) is 48.4 Å². The summed E-state index contributed by atoms with van der Waals surface area (Å²) in [6.07, 6.45) is 0. The van der Waals surface area contributed by atoms with Crippen LogP contribution in [0.15, 0.2) is 36.4 Å². The molecule has 0 radical (unpaired) electrons. The van der Waals surface area contributed by atoms with Gasteiger partial charge in [0.25, 0.3) is 0 Å². The molecule has 5 heteroatoms. The lowest BCUT2D eigenvalue weighted by Gasteiger charge is -2.10. The summed E-state index contributed by atoms with van der Waals surface area (Å²) in [6, 6.07) is 9.91. The maximum atomic E-state index is 10.9. The van der Waals surface area contributed by atoms with Gasteiger partial charge < -0.3 is 9.84 Å². The molecule has 0 unspecified atom stereocenters. The topological polar surface area (TPSA) is 46.5 Å². The zero-order chi connectivity index (χ0) is 14.7. The molecule has 0 aliphatic heterocycles. The van der Waals surface area contributed by atoms with Gasteiger partial charge in [0.05, 0.1) is 10.6 Å². The van der Waals surface area contributed by atoms with Gasteiger partial charge in [-0.2, -0.15) is 0 Å². The van der Waals surface area contributed by atoms with E-state index in [2.05, 4.69) is 0 Å². The van der Waals surface area contributed by atoms with Crippen LogP contribution in [0.3, 0.4) is 0 Å². The standard InChI is InChI=1S/C15H12Cl2O3/c1-9-6-10(15(18)19)2-3-11(9)8-20-14-5-4-12(16)7-13(14)17/h2-7H,8H2,1H3,(H,18,19). The first-order valence-electron chi connectivity index (χ1n) is 5.88. The fourth-order valence-electron chi connectivity index (χ4n) is 1.74. The third-order valence-corrected chi connectivity index (χ3v) is 3.40. The predicted molar refractivity (Wildman–Crippen MR) is 78.9 cm³/mol. The predicted octanol–water partition coefficient (Wildman–Crippen LogP) is 4.58. The number of aryl methyl sites for hydroxylation is 1. The summed E-state index contributed by atoms with van der Waals surface area (Å²) in [5.74, 6) is -0.404. The van der Waals surface area contributed by atoms with Crippen LogP contribution in [0.2, 0.25) is 10.0 Å². The van der Waals surface area contributed by atoms with Crippen LogP contribution in [0.1, 0.15) is 21.5 Å². The Bertz CT molecular complexity index is 654. The first-order valence-corrected chi connectivity index (χ1v) is 6.63. The monoisotopic (exact) mass is 310 g/mol. The summed E-state index contributed by atoms with van der Waals surface area (Å²) in [5, 5.41) is 9.90. The Kier molecular flexibility index (Phi) is 4.53. The lowest BCUT2D eigenvalue weighted by molar-refractivity contribution is 0.0696. The van der Waals surface area contributed by atoms with E-state index >= 15 is 0 Å². The second-order valence-electron chi connectivity index (χ2n) is 4.31. The molecule has 0 saturated heterocycles. The molecule has 0 bridgehead atoms. The van der Waals surface area contributed by atoms with Crippen molar-refractivity contribution in [2.75, 3.05) is 0 Å². The largest absolute Gasteiger partial charge is 0.487 e. The van der Waals surface area contributed by atoms with Gasteiger partial charge >= 0.3 is 5.97 Å². The molecule has 0 aromatic heterocycles. The van der Waals surface area contributed by atoms with Crippen molar-refractivity contribution in [3.63, 3.8) is 0 Å². The van der Waals surface area contributed by atoms with Crippen LogP contribution in [0.25, 0.3) is 0 Å². The second-order valence-corrected chi connectivity index (χ2v) is 5.15. The number of ether oxygens (including phenoxy) is 1. The van der Waals surface area contributed by atoms with Crippen molar-refractivity contribution in [2.24, 2.45) is 0 Å². The molecular formula is C15H12Cl2O3. The fraction of sp³-hybridized carbons (Fsp3) is 0.133. The Hall–Kier alpha value is -1.71. The van der Waals surface area contributed by atoms with Crippen molar-refractivity contribution in [3.05, 3.63) is 63.1 Å². The van der Waals surface area contributed by atoms with Crippen molar-refractivity contribution >= 4 is 29.2 Å². The minimum absolute atomic E-state index is 0.260. The van der Waals surface area contributed by atoms with Crippen LogP contribution in [0.5, 0.6) is 5.75 Å². The van der Waals surface area contributed by atoms with Crippen LogP contribution in [0, 0.1) is 6.92 Å². The Labute approximate surface area is 126 Å². The smallest absolute Gasteiger partial charge is 0.335 e. The molecule has 0 aliphatic rings. The highest BCUT2D eigenvalue weighted by atomic mass is 35.5. The number of carboxylic acid groups (broad SMARTS) is 1. The third-order valence-electron chi connectivity index (χ3n) is 2.87. The van der Waals surface area contributed by atoms with Crippen molar-refractivity contribution in [3.8, 4) is 5.75 Å². The molecule has 3 nitrogen and oxygen atoms in total. The number of carbonyl (C=O) groups is 1. The molecule has 0 spiro atoms. The Morgan fingerprint density at radius 2 is 1.95 bits per heavy atom. The van der Waals surface area contributed by atoms with E-state index in [0.717, 1.165) is 11.1 Å². The highest BCUT2D eigenvalue weighted by Gasteiger charge is 2.07. The maximum absolute atomic E-state index is 10.9. The Balaban J connectivity index is 2.13. The number of benzene rings is 2. The van der Waals surface area contributed by atoms with E-state index in [-0.39, 0.29) is 5.56 Å². The van der Waals surface area contributed by atoms with Gasteiger partial charge in [-0.3, -0.25) is 0 Å². The maximum Gasteiger partial charge on any atom is 0.335 e. The van der Waals surface area contributed by atoms with E-state index in [0.29, 0.717) is 22.4 Å². The average Bonchev–Trinajstić information content (AvgIpc) is 2.38. The van der Waals surface area contributed by atoms with Crippen LogP contribution in [-0.2, 0) is 6.61 Å². The number of halogens is 2. The van der Waals surface area contributed by atoms with Crippen LogP contribution in [0.4, 0.5) is 0 Å². The van der Waals surface area contributed by atoms with E-state index in [4.69, 9.17) is 33.0 Å². The zero-order valence-electron chi connectivity index (χ0n) is 10.7. The van der Waals surface area contributed by atoms with E-state index in [1.807, 2.05) is 6.92 Å². The quantitative estimate of drug-likeness (QED) is 0.899. The van der Waals surface area contributed by atoms with E-state index in [9.17, 15) is 4.79 Å². The van der Waals surface area contributed by atoms with E-state index in [1.54, 1.807) is 36.4 Å². The molecule has 0 amide bonds. The van der Waals surface area contributed by atoms with Crippen molar-refractivity contribution in [1.29, 1.82) is 0 Å². The fourth-order valence-corrected chi connectivity index (χ4v) is 2.20. The summed E-state index contributed by atoms with van der Waals surface area (Å²) in [6.45, 7) is 2.15. The molecule has 2 rings (SSSR count). The molecular weight excluding hydrogens is 299 g/mol. The summed E-state index contributed by atoms with van der Waals surface area (Å²) in [5.41, 5.74) is 2.02. The molecule has 0 atom stereocenters. The zero-order valence-corrected chi connectivity index (χ0v) is 12.2. The van der Waals surface area contributed by atoms with Gasteiger partial charge in [-0.25, -0.2) is 4.79 Å². The molecule has 2 aromatic carbocycles. The second kappa shape index (κ2) is 6.16. The minimum Gasteiger partial charge on any atom is -0.487 e. The van der Waals surface area contributed by atoms with Gasteiger partial charge in [-0.15, -0.1) is 0 Å². The molecule has 0 heterocycles. The van der Waals surface area contributed by atoms with Gasteiger partial charge in [0, 0.05) is 5.02 Å². The number of carboxylic acids is 1. The summed E-state index contributed by atoms with van der Waals surface area (Å²) >= 11 is 11.8. The number of rotatable bonds is 4. The normalized spacial score (nSPS) is 10.3. The summed E-state index contributed by atoms with van der Waals surface area (Å²) < 4.78 is 5.62. The molecule has 2 aromatic rings. The lowest BCUT2D eigenvalue weighted by Crippen LogP contribution is -2.02. The molecule has 104 valence electrons. The van der Waals surface area contributed by atoms with Gasteiger partial charge in [0.1, 0.15) is 12.4 Å². The van der Waals surface area contributed by atoms with Crippen LogP contribution in [-0.4, -0.2) is 11.1 Å². The number of hydrogen-bond donors (Lipinski definition) is 1. The third kappa shape index (κ3) is 3.44. The number of hydrogen-bond acceptors (Lipinski definition) is 2. The van der Waals surface area contributed by atoms with Gasteiger partial charge in [0.15, 0.2) is 0 Å². The molecule has 0 saturated carbocycles. The number of aromatic carboxylic acids is 1. The Morgan fingerprint density at radius 3 is 2.55 bits per heavy atom. The van der Waals surface area contributed by atoms with Crippen molar-refractivity contribution in [1.82, 2.24) is 0 Å². The lowest BCUT2D eigenvalue weighted by atomic mass is 10.1. The minimum atomic E-state index is -0.943. The summed E-state index contributed by atoms with van der Waals surface area (Å²) in [4.78, 5) is 10.9. The molecule has 0 aliphatic carbocycles. The first-order chi connectivity index (χ1) is 9.47. The van der Waals surface area contributed by atoms with Gasteiger partial charge in [-0.1, -0.05) is 29.3 Å². The highest BCUT2D eigenvalue weighted by molar-refractivity contribution is 6.35. The molecule has 20 heavy (non-hydrogen) atoms. The molecule has 0 fully saturated rings. The van der Waals surface area contributed by atoms with Gasteiger partial charge in [0.2, 0.25) is 0 Å². The SMILES string of the molecule is Cc1cc(C(=O)O)ccc1COc1ccc(Cl)cc1Cl. The van der Waals surface area contributed by atoms with Crippen LogP contribution >= 0.6 is 23.2 Å². The van der Waals surface area contributed by atoms with Crippen molar-refractivity contribution < 1.29 is 14.6 Å². The van der Waals surface area contributed by atoms with E-state index in [1.165, 1.54) is 0 Å². The summed E-state index contributed by atoms with van der Waals surface area (Å²) in [7, 11) is 0. The van der Waals surface area contributed by atoms with Crippen LogP contribution < -0.4 is 4.74 Å². The van der Waals surface area contributed by atoms with Crippen molar-refractivity contribution in [2.45, 2.75) is 13.5 Å². The Morgan fingerprint density at radius 1 is 1.20 bits per heavy atom.